The van der Waals surface area contributed by atoms with Crippen LogP contribution in [-0.2, 0) is 10.0 Å². The normalized spacial score (nSPS) is 11.3. The molecule has 32 heavy (non-hydrogen) atoms. The molecule has 0 spiro atoms. The lowest BCUT2D eigenvalue weighted by Gasteiger charge is -2.12. The second-order valence-electron chi connectivity index (χ2n) is 7.17. The van der Waals surface area contributed by atoms with Gasteiger partial charge in [0.1, 0.15) is 27.7 Å². The molecule has 3 aromatic carbocycles. The van der Waals surface area contributed by atoms with E-state index in [1.807, 2.05) is 0 Å². The largest absolute Gasteiger partial charge is 0.497 e. The second kappa shape index (κ2) is 8.39. The van der Waals surface area contributed by atoms with Crippen LogP contribution in [0.25, 0.3) is 22.3 Å². The predicted octanol–water partition coefficient (Wildman–Crippen LogP) is 4.59. The van der Waals surface area contributed by atoms with Gasteiger partial charge in [0, 0.05) is 17.3 Å². The van der Waals surface area contributed by atoms with Gasteiger partial charge in [-0.05, 0) is 67.1 Å². The number of anilines is 1. The van der Waals surface area contributed by atoms with Gasteiger partial charge in [0.25, 0.3) is 10.0 Å². The third-order valence-corrected chi connectivity index (χ3v) is 6.37. The van der Waals surface area contributed by atoms with Gasteiger partial charge >= 0.3 is 0 Å². The summed E-state index contributed by atoms with van der Waals surface area (Å²) < 4.78 is 44.5. The number of benzene rings is 3. The third kappa shape index (κ3) is 4.17. The number of hydrogen-bond acceptors (Lipinski definition) is 6. The van der Waals surface area contributed by atoms with Crippen molar-refractivity contribution >= 4 is 26.7 Å². The lowest BCUT2D eigenvalue weighted by molar-refractivity contribution is 0.402. The summed E-state index contributed by atoms with van der Waals surface area (Å²) in [5.74, 6) is 1.20. The highest BCUT2D eigenvalue weighted by Gasteiger charge is 2.20. The topological polar surface area (TPSA) is 94.8 Å². The van der Waals surface area contributed by atoms with E-state index in [0.29, 0.717) is 33.7 Å². The first-order valence-corrected chi connectivity index (χ1v) is 11.2. The zero-order chi connectivity index (χ0) is 22.9. The van der Waals surface area contributed by atoms with Gasteiger partial charge in [-0.2, -0.15) is 0 Å². The first-order chi connectivity index (χ1) is 15.3. The summed E-state index contributed by atoms with van der Waals surface area (Å²) in [6.07, 6.45) is 0. The molecule has 8 heteroatoms. The monoisotopic (exact) mass is 451 g/mol. The Hall–Kier alpha value is -3.78. The van der Waals surface area contributed by atoms with E-state index in [2.05, 4.69) is 4.72 Å². The van der Waals surface area contributed by atoms with Crippen molar-refractivity contribution in [2.75, 3.05) is 18.9 Å². The molecule has 1 aromatic heterocycles. The molecule has 0 radical (unpaired) electrons. The molecule has 0 amide bonds. The summed E-state index contributed by atoms with van der Waals surface area (Å²) in [6.45, 7) is 1.81. The van der Waals surface area contributed by atoms with Crippen LogP contribution in [0.15, 0.2) is 80.8 Å². The lowest BCUT2D eigenvalue weighted by atomic mass is 10.1. The summed E-state index contributed by atoms with van der Waals surface area (Å²) in [5, 5.41) is 0.421. The molecule has 4 aromatic rings. The minimum atomic E-state index is -3.86. The van der Waals surface area contributed by atoms with Crippen molar-refractivity contribution in [2.45, 2.75) is 11.8 Å². The van der Waals surface area contributed by atoms with Gasteiger partial charge in [0.2, 0.25) is 0 Å². The van der Waals surface area contributed by atoms with Crippen LogP contribution in [0.1, 0.15) is 5.56 Å². The van der Waals surface area contributed by atoms with Crippen LogP contribution < -0.4 is 19.6 Å². The Bertz CT molecular complexity index is 1460. The molecule has 7 nitrogen and oxygen atoms in total. The maximum Gasteiger partial charge on any atom is 0.265 e. The second-order valence-corrected chi connectivity index (χ2v) is 8.82. The van der Waals surface area contributed by atoms with Crippen LogP contribution in [0, 0.1) is 6.92 Å². The van der Waals surface area contributed by atoms with Gasteiger partial charge in [0.15, 0.2) is 5.43 Å². The van der Waals surface area contributed by atoms with Crippen molar-refractivity contribution in [2.24, 2.45) is 0 Å². The highest BCUT2D eigenvalue weighted by molar-refractivity contribution is 7.92. The van der Waals surface area contributed by atoms with Crippen LogP contribution in [0.2, 0.25) is 0 Å². The standard InChI is InChI=1S/C24H21NO6S/c1-15-4-10-22(30-3)24(12-15)32(27,28)25-17-7-5-16(6-8-17)23-14-20(26)19-13-18(29-2)9-11-21(19)31-23/h4-14,25H,1-3H3. The van der Waals surface area contributed by atoms with E-state index in [-0.39, 0.29) is 16.1 Å². The quantitative estimate of drug-likeness (QED) is 0.461. The van der Waals surface area contributed by atoms with Gasteiger partial charge in [-0.3, -0.25) is 9.52 Å². The molecule has 0 saturated carbocycles. The van der Waals surface area contributed by atoms with Crippen molar-refractivity contribution in [3.63, 3.8) is 0 Å². The Kier molecular flexibility index (Phi) is 5.63. The fraction of sp³-hybridized carbons (Fsp3) is 0.125. The smallest absolute Gasteiger partial charge is 0.265 e. The van der Waals surface area contributed by atoms with Crippen LogP contribution >= 0.6 is 0 Å². The van der Waals surface area contributed by atoms with E-state index in [4.69, 9.17) is 13.9 Å². The molecule has 0 atom stereocenters. The highest BCUT2D eigenvalue weighted by Crippen LogP contribution is 2.29. The van der Waals surface area contributed by atoms with E-state index in [1.165, 1.54) is 20.3 Å². The summed E-state index contributed by atoms with van der Waals surface area (Å²) in [4.78, 5) is 12.6. The first-order valence-electron chi connectivity index (χ1n) is 9.70. The third-order valence-electron chi connectivity index (χ3n) is 4.96. The molecule has 1 N–H and O–H groups in total. The number of sulfonamides is 1. The van der Waals surface area contributed by atoms with Gasteiger partial charge < -0.3 is 13.9 Å². The fourth-order valence-electron chi connectivity index (χ4n) is 3.31. The van der Waals surface area contributed by atoms with Crippen molar-refractivity contribution < 1.29 is 22.3 Å². The summed E-state index contributed by atoms with van der Waals surface area (Å²) in [7, 11) is -0.906. The van der Waals surface area contributed by atoms with Crippen LogP contribution in [0.3, 0.4) is 0 Å². The zero-order valence-corrected chi connectivity index (χ0v) is 18.5. The molecule has 1 heterocycles. The number of aryl methyl sites for hydroxylation is 1. The molecule has 0 aliphatic heterocycles. The van der Waals surface area contributed by atoms with Crippen LogP contribution in [0.5, 0.6) is 11.5 Å². The maximum absolute atomic E-state index is 12.9. The molecule has 0 bridgehead atoms. The van der Waals surface area contributed by atoms with Gasteiger partial charge in [-0.25, -0.2) is 8.42 Å². The minimum absolute atomic E-state index is 0.0556. The average molecular weight is 452 g/mol. The molecular weight excluding hydrogens is 430 g/mol. The van der Waals surface area contributed by atoms with Crippen molar-refractivity contribution in [1.82, 2.24) is 0 Å². The molecule has 0 unspecified atom stereocenters. The molecule has 0 aliphatic rings. The number of rotatable bonds is 6. The number of methoxy groups -OCH3 is 2. The van der Waals surface area contributed by atoms with Crippen molar-refractivity contribution in [3.8, 4) is 22.8 Å². The van der Waals surface area contributed by atoms with E-state index >= 15 is 0 Å². The van der Waals surface area contributed by atoms with Gasteiger partial charge in [0.05, 0.1) is 19.6 Å². The summed E-state index contributed by atoms with van der Waals surface area (Å²) >= 11 is 0. The fourth-order valence-corrected chi connectivity index (χ4v) is 4.62. The molecule has 164 valence electrons. The zero-order valence-electron chi connectivity index (χ0n) is 17.7. The van der Waals surface area contributed by atoms with E-state index in [1.54, 1.807) is 67.6 Å². The number of nitrogens with one attached hydrogen (secondary N) is 1. The highest BCUT2D eigenvalue weighted by atomic mass is 32.2. The van der Waals surface area contributed by atoms with Crippen molar-refractivity contribution in [1.29, 1.82) is 0 Å². The number of fused-ring (bicyclic) bond motifs is 1. The SMILES string of the molecule is COc1ccc2oc(-c3ccc(NS(=O)(=O)c4cc(C)ccc4OC)cc3)cc(=O)c2c1. The van der Waals surface area contributed by atoms with Gasteiger partial charge in [-0.1, -0.05) is 6.07 Å². The predicted molar refractivity (Wildman–Crippen MR) is 123 cm³/mol. The molecule has 0 saturated heterocycles. The number of ether oxygens (including phenoxy) is 2. The molecule has 4 rings (SSSR count). The Labute approximate surface area is 185 Å². The summed E-state index contributed by atoms with van der Waals surface area (Å²) in [5.41, 5.74) is 2.03. The van der Waals surface area contributed by atoms with Crippen molar-refractivity contribution in [3.05, 3.63) is 82.5 Å². The lowest BCUT2D eigenvalue weighted by Crippen LogP contribution is -2.14. The summed E-state index contributed by atoms with van der Waals surface area (Å²) in [6, 6.07) is 17.9. The molecule has 0 aliphatic carbocycles. The van der Waals surface area contributed by atoms with Gasteiger partial charge in [-0.15, -0.1) is 0 Å². The minimum Gasteiger partial charge on any atom is -0.497 e. The molecular formula is C24H21NO6S. The van der Waals surface area contributed by atoms with Crippen LogP contribution in [0.4, 0.5) is 5.69 Å². The Morgan fingerprint density at radius 2 is 1.62 bits per heavy atom. The Morgan fingerprint density at radius 1 is 0.875 bits per heavy atom. The van der Waals surface area contributed by atoms with Crippen LogP contribution in [-0.4, -0.2) is 22.6 Å². The first kappa shape index (κ1) is 21.5. The van der Waals surface area contributed by atoms with E-state index in [0.717, 1.165) is 5.56 Å². The maximum atomic E-state index is 12.9. The number of hydrogen-bond donors (Lipinski definition) is 1. The average Bonchev–Trinajstić information content (AvgIpc) is 2.79. The Morgan fingerprint density at radius 3 is 2.31 bits per heavy atom. The van der Waals surface area contributed by atoms with E-state index < -0.39 is 10.0 Å². The Balaban J connectivity index is 1.64. The molecule has 0 fully saturated rings. The van der Waals surface area contributed by atoms with E-state index in [9.17, 15) is 13.2 Å².